The predicted molar refractivity (Wildman–Crippen MR) is 108 cm³/mol. The standard InChI is InChI=1S/C23H25NO5/c25-19-5-1-15(2-6-19)13-23-10-9-18(24-29-14-22(27)28)12-17(23)4-3-16-11-20(26)7-8-21(16)23/h1-2,5-8,11,17,25-26H,3-4,9-10,12-14H2,(H,27,28). The predicted octanol–water partition coefficient (Wildman–Crippen LogP) is 3.78. The lowest BCUT2D eigenvalue weighted by Gasteiger charge is -2.49. The number of carboxylic acid groups (broad SMARTS) is 1. The van der Waals surface area contributed by atoms with Crippen molar-refractivity contribution in [2.45, 2.75) is 43.9 Å². The number of aliphatic carboxylic acids is 1. The van der Waals surface area contributed by atoms with Crippen LogP contribution in [0.15, 0.2) is 47.6 Å². The summed E-state index contributed by atoms with van der Waals surface area (Å²) in [5.74, 6) is -0.125. The van der Waals surface area contributed by atoms with Gasteiger partial charge >= 0.3 is 5.97 Å². The Balaban J connectivity index is 1.67. The molecule has 0 aliphatic heterocycles. The van der Waals surface area contributed by atoms with E-state index >= 15 is 0 Å². The Labute approximate surface area is 169 Å². The summed E-state index contributed by atoms with van der Waals surface area (Å²) < 4.78 is 0. The minimum atomic E-state index is -1.03. The van der Waals surface area contributed by atoms with Gasteiger partial charge in [-0.15, -0.1) is 0 Å². The second-order valence-electron chi connectivity index (χ2n) is 8.11. The molecule has 2 aliphatic carbocycles. The number of phenolic OH excluding ortho intramolecular Hbond substituents is 2. The van der Waals surface area contributed by atoms with Gasteiger partial charge in [-0.05, 0) is 85.4 Å². The molecule has 3 N–H and O–H groups in total. The molecule has 6 heteroatoms. The van der Waals surface area contributed by atoms with Crippen LogP contribution in [0, 0.1) is 5.92 Å². The van der Waals surface area contributed by atoms with Gasteiger partial charge in [0, 0.05) is 5.41 Å². The van der Waals surface area contributed by atoms with Crippen LogP contribution in [0.1, 0.15) is 42.4 Å². The Morgan fingerprint density at radius 3 is 2.62 bits per heavy atom. The van der Waals surface area contributed by atoms with Crippen LogP contribution in [0.25, 0.3) is 0 Å². The second-order valence-corrected chi connectivity index (χ2v) is 8.11. The van der Waals surface area contributed by atoms with E-state index in [9.17, 15) is 15.0 Å². The molecule has 2 atom stereocenters. The summed E-state index contributed by atoms with van der Waals surface area (Å²) >= 11 is 0. The number of oxime groups is 1. The number of fused-ring (bicyclic) bond motifs is 3. The molecule has 0 bridgehead atoms. The van der Waals surface area contributed by atoms with E-state index in [1.165, 1.54) is 11.1 Å². The van der Waals surface area contributed by atoms with Crippen molar-refractivity contribution >= 4 is 11.7 Å². The summed E-state index contributed by atoms with van der Waals surface area (Å²) in [6, 6.07) is 13.1. The van der Waals surface area contributed by atoms with Gasteiger partial charge < -0.3 is 20.2 Å². The van der Waals surface area contributed by atoms with Crippen molar-refractivity contribution in [1.29, 1.82) is 0 Å². The molecule has 1 fully saturated rings. The van der Waals surface area contributed by atoms with Crippen LogP contribution in [0.4, 0.5) is 0 Å². The molecule has 152 valence electrons. The van der Waals surface area contributed by atoms with Crippen LogP contribution in [0.5, 0.6) is 11.5 Å². The number of benzene rings is 2. The van der Waals surface area contributed by atoms with Crippen molar-refractivity contribution in [2.75, 3.05) is 6.61 Å². The van der Waals surface area contributed by atoms with Crippen LogP contribution in [-0.2, 0) is 27.9 Å². The average molecular weight is 395 g/mol. The van der Waals surface area contributed by atoms with Crippen LogP contribution < -0.4 is 0 Å². The Kier molecular flexibility index (Phi) is 5.18. The maximum absolute atomic E-state index is 10.7. The molecule has 2 unspecified atom stereocenters. The van der Waals surface area contributed by atoms with E-state index in [0.717, 1.165) is 49.8 Å². The highest BCUT2D eigenvalue weighted by molar-refractivity contribution is 5.85. The zero-order valence-corrected chi connectivity index (χ0v) is 16.2. The Bertz CT molecular complexity index is 937. The second kappa shape index (κ2) is 7.78. The summed E-state index contributed by atoms with van der Waals surface area (Å²) in [4.78, 5) is 15.7. The number of hydrogen-bond donors (Lipinski definition) is 3. The van der Waals surface area contributed by atoms with Crippen LogP contribution >= 0.6 is 0 Å². The lowest BCUT2D eigenvalue weighted by Crippen LogP contribution is -2.46. The summed E-state index contributed by atoms with van der Waals surface area (Å²) in [5.41, 5.74) is 4.48. The summed E-state index contributed by atoms with van der Waals surface area (Å²) in [6.07, 6.45) is 5.12. The summed E-state index contributed by atoms with van der Waals surface area (Å²) in [6.45, 7) is -0.422. The molecule has 0 radical (unpaired) electrons. The normalized spacial score (nSPS) is 24.6. The Morgan fingerprint density at radius 1 is 1.10 bits per heavy atom. The highest BCUT2D eigenvalue weighted by Crippen LogP contribution is 2.52. The van der Waals surface area contributed by atoms with Gasteiger partial charge in [0.2, 0.25) is 6.61 Å². The van der Waals surface area contributed by atoms with E-state index in [-0.39, 0.29) is 11.2 Å². The van der Waals surface area contributed by atoms with Crippen molar-refractivity contribution in [3.05, 3.63) is 59.2 Å². The fourth-order valence-electron chi connectivity index (χ4n) is 5.06. The van der Waals surface area contributed by atoms with Gasteiger partial charge in [-0.3, -0.25) is 0 Å². The molecule has 29 heavy (non-hydrogen) atoms. The highest BCUT2D eigenvalue weighted by atomic mass is 16.6. The zero-order valence-electron chi connectivity index (χ0n) is 16.2. The molecule has 1 saturated carbocycles. The van der Waals surface area contributed by atoms with Gasteiger partial charge in [-0.2, -0.15) is 0 Å². The highest BCUT2D eigenvalue weighted by Gasteiger charge is 2.47. The maximum atomic E-state index is 10.7. The number of nitrogens with zero attached hydrogens (tertiary/aromatic N) is 1. The fourth-order valence-corrected chi connectivity index (χ4v) is 5.06. The minimum absolute atomic E-state index is 0.0793. The SMILES string of the molecule is O=C(O)CON=C1CCC2(Cc3ccc(O)cc3)c3ccc(O)cc3CCC2C1. The van der Waals surface area contributed by atoms with Crippen LogP contribution in [-0.4, -0.2) is 33.6 Å². The van der Waals surface area contributed by atoms with E-state index in [2.05, 4.69) is 11.2 Å². The summed E-state index contributed by atoms with van der Waals surface area (Å²) in [7, 11) is 0. The van der Waals surface area contributed by atoms with Crippen LogP contribution in [0.2, 0.25) is 0 Å². The van der Waals surface area contributed by atoms with Crippen molar-refractivity contribution < 1.29 is 25.0 Å². The lowest BCUT2D eigenvalue weighted by molar-refractivity contribution is -0.142. The Hall–Kier alpha value is -3.02. The Morgan fingerprint density at radius 2 is 1.86 bits per heavy atom. The monoisotopic (exact) mass is 395 g/mol. The molecule has 2 aliphatic rings. The number of phenols is 2. The van der Waals surface area contributed by atoms with Gasteiger partial charge in [-0.25, -0.2) is 4.79 Å². The zero-order chi connectivity index (χ0) is 20.4. The smallest absolute Gasteiger partial charge is 0.344 e. The van der Waals surface area contributed by atoms with Gasteiger partial charge in [0.05, 0.1) is 5.71 Å². The van der Waals surface area contributed by atoms with Crippen molar-refractivity contribution in [2.24, 2.45) is 11.1 Å². The molecule has 2 aromatic rings. The van der Waals surface area contributed by atoms with E-state index in [0.29, 0.717) is 11.7 Å². The largest absolute Gasteiger partial charge is 0.508 e. The molecule has 0 amide bonds. The maximum Gasteiger partial charge on any atom is 0.344 e. The van der Waals surface area contributed by atoms with Gasteiger partial charge in [0.1, 0.15) is 11.5 Å². The quantitative estimate of drug-likeness (QED) is 0.669. The number of hydrogen-bond acceptors (Lipinski definition) is 5. The molecular formula is C23H25NO5. The topological polar surface area (TPSA) is 99.4 Å². The molecular weight excluding hydrogens is 370 g/mol. The molecule has 4 rings (SSSR count). The van der Waals surface area contributed by atoms with Crippen molar-refractivity contribution in [1.82, 2.24) is 0 Å². The number of carboxylic acids is 1. The molecule has 0 aromatic heterocycles. The molecule has 2 aromatic carbocycles. The van der Waals surface area contributed by atoms with Crippen LogP contribution in [0.3, 0.4) is 0 Å². The molecule has 0 saturated heterocycles. The molecule has 0 heterocycles. The van der Waals surface area contributed by atoms with Crippen molar-refractivity contribution in [3.63, 3.8) is 0 Å². The first-order valence-electron chi connectivity index (χ1n) is 9.96. The van der Waals surface area contributed by atoms with Gasteiger partial charge in [0.15, 0.2) is 0 Å². The molecule has 6 nitrogen and oxygen atoms in total. The third-order valence-corrected chi connectivity index (χ3v) is 6.35. The summed E-state index contributed by atoms with van der Waals surface area (Å²) in [5, 5.41) is 32.5. The third-order valence-electron chi connectivity index (χ3n) is 6.35. The number of carbonyl (C=O) groups is 1. The van der Waals surface area contributed by atoms with Gasteiger partial charge in [0.25, 0.3) is 0 Å². The van der Waals surface area contributed by atoms with E-state index in [4.69, 9.17) is 9.94 Å². The first-order chi connectivity index (χ1) is 14.0. The fraction of sp³-hybridized carbons (Fsp3) is 0.391. The van der Waals surface area contributed by atoms with Gasteiger partial charge in [-0.1, -0.05) is 23.4 Å². The van der Waals surface area contributed by atoms with Crippen molar-refractivity contribution in [3.8, 4) is 11.5 Å². The first kappa shape index (κ1) is 19.3. The average Bonchev–Trinajstić information content (AvgIpc) is 2.69. The minimum Gasteiger partial charge on any atom is -0.508 e. The number of rotatable bonds is 5. The third kappa shape index (κ3) is 3.92. The lowest BCUT2D eigenvalue weighted by atomic mass is 9.55. The number of aromatic hydroxyl groups is 2. The number of aryl methyl sites for hydroxylation is 1. The van der Waals surface area contributed by atoms with E-state index in [1.807, 2.05) is 18.2 Å². The molecule has 0 spiro atoms. The van der Waals surface area contributed by atoms with E-state index < -0.39 is 12.6 Å². The van der Waals surface area contributed by atoms with E-state index in [1.54, 1.807) is 18.2 Å². The first-order valence-corrected chi connectivity index (χ1v) is 9.96.